The number of nitrogens with one attached hydrogen (secondary N) is 1. The van der Waals surface area contributed by atoms with Gasteiger partial charge < -0.3 is 0 Å². The summed E-state index contributed by atoms with van der Waals surface area (Å²) in [6, 6.07) is 2.20. The van der Waals surface area contributed by atoms with Gasteiger partial charge in [-0.05, 0) is 39.5 Å². The molecule has 2 atom stereocenters. The first-order valence-corrected chi connectivity index (χ1v) is 7.82. The molecule has 1 aliphatic carbocycles. The Morgan fingerprint density at radius 1 is 0.706 bits per heavy atom. The van der Waals surface area contributed by atoms with Crippen LogP contribution in [0.25, 0.3) is 0 Å². The molecular formula is C15H30N2. The number of piperidine rings is 1. The van der Waals surface area contributed by atoms with E-state index in [2.05, 4.69) is 24.3 Å². The highest BCUT2D eigenvalue weighted by Crippen LogP contribution is 2.23. The molecule has 2 rings (SSSR count). The van der Waals surface area contributed by atoms with Crippen molar-refractivity contribution >= 4 is 0 Å². The number of hydrogen-bond donors (Lipinski definition) is 1. The van der Waals surface area contributed by atoms with Crippen molar-refractivity contribution in [1.29, 1.82) is 0 Å². The SMILES string of the molecule is CC1CCCC(C)N1NC1CCCCCCC1. The lowest BCUT2D eigenvalue weighted by Gasteiger charge is -2.41. The van der Waals surface area contributed by atoms with Crippen LogP contribution in [-0.4, -0.2) is 23.1 Å². The molecule has 2 aliphatic rings. The molecule has 1 aliphatic heterocycles. The zero-order chi connectivity index (χ0) is 12.1. The predicted molar refractivity (Wildman–Crippen MR) is 73.9 cm³/mol. The van der Waals surface area contributed by atoms with E-state index in [1.165, 1.54) is 64.2 Å². The van der Waals surface area contributed by atoms with Crippen LogP contribution < -0.4 is 5.43 Å². The Bertz CT molecular complexity index is 199. The van der Waals surface area contributed by atoms with Gasteiger partial charge in [0.1, 0.15) is 0 Å². The van der Waals surface area contributed by atoms with Crippen LogP contribution in [0, 0.1) is 0 Å². The number of nitrogens with zero attached hydrogens (tertiary/aromatic N) is 1. The molecule has 17 heavy (non-hydrogen) atoms. The Morgan fingerprint density at radius 2 is 1.24 bits per heavy atom. The maximum absolute atomic E-state index is 3.86. The van der Waals surface area contributed by atoms with Gasteiger partial charge in [0.15, 0.2) is 0 Å². The monoisotopic (exact) mass is 238 g/mol. The highest BCUT2D eigenvalue weighted by atomic mass is 15.5. The molecule has 2 nitrogen and oxygen atoms in total. The summed E-state index contributed by atoms with van der Waals surface area (Å²) < 4.78 is 0. The van der Waals surface area contributed by atoms with Crippen LogP contribution in [0.5, 0.6) is 0 Å². The van der Waals surface area contributed by atoms with Gasteiger partial charge in [0.05, 0.1) is 0 Å². The van der Waals surface area contributed by atoms with Crippen LogP contribution in [0.2, 0.25) is 0 Å². The van der Waals surface area contributed by atoms with Gasteiger partial charge in [-0.1, -0.05) is 38.5 Å². The van der Waals surface area contributed by atoms with Crippen molar-refractivity contribution < 1.29 is 0 Å². The third kappa shape index (κ3) is 3.96. The van der Waals surface area contributed by atoms with Gasteiger partial charge in [0.2, 0.25) is 0 Å². The van der Waals surface area contributed by atoms with Gasteiger partial charge in [0, 0.05) is 18.1 Å². The molecule has 0 aromatic rings. The first kappa shape index (κ1) is 13.4. The van der Waals surface area contributed by atoms with E-state index in [1.807, 2.05) is 0 Å². The van der Waals surface area contributed by atoms with Gasteiger partial charge in [-0.15, -0.1) is 0 Å². The smallest absolute Gasteiger partial charge is 0.0218 e. The minimum atomic E-state index is 0.726. The summed E-state index contributed by atoms with van der Waals surface area (Å²) in [4.78, 5) is 0. The molecule has 1 saturated heterocycles. The van der Waals surface area contributed by atoms with E-state index >= 15 is 0 Å². The number of rotatable bonds is 2. The molecule has 2 fully saturated rings. The van der Waals surface area contributed by atoms with Crippen molar-refractivity contribution in [3.63, 3.8) is 0 Å². The normalized spacial score (nSPS) is 34.2. The summed E-state index contributed by atoms with van der Waals surface area (Å²) in [5, 5.41) is 2.57. The molecule has 0 spiro atoms. The topological polar surface area (TPSA) is 15.3 Å². The molecule has 1 saturated carbocycles. The molecular weight excluding hydrogens is 208 g/mol. The van der Waals surface area contributed by atoms with Gasteiger partial charge in [0.25, 0.3) is 0 Å². The Balaban J connectivity index is 1.84. The fraction of sp³-hybridized carbons (Fsp3) is 1.00. The lowest BCUT2D eigenvalue weighted by atomic mass is 9.96. The van der Waals surface area contributed by atoms with Crippen molar-refractivity contribution in [2.24, 2.45) is 0 Å². The minimum absolute atomic E-state index is 0.726. The van der Waals surface area contributed by atoms with Crippen molar-refractivity contribution in [1.82, 2.24) is 10.4 Å². The van der Waals surface area contributed by atoms with Crippen molar-refractivity contribution in [2.75, 3.05) is 0 Å². The maximum atomic E-state index is 3.86. The summed E-state index contributed by atoms with van der Waals surface area (Å²) in [5.41, 5.74) is 3.86. The fourth-order valence-electron chi connectivity index (χ4n) is 3.47. The zero-order valence-corrected chi connectivity index (χ0v) is 11.8. The van der Waals surface area contributed by atoms with E-state index in [0.29, 0.717) is 0 Å². The second-order valence-electron chi connectivity index (χ2n) is 6.21. The molecule has 0 amide bonds. The lowest BCUT2D eigenvalue weighted by molar-refractivity contribution is 0.0248. The van der Waals surface area contributed by atoms with Crippen LogP contribution in [0.4, 0.5) is 0 Å². The molecule has 1 heterocycles. The Labute approximate surface area is 107 Å². The second kappa shape index (κ2) is 6.75. The molecule has 0 bridgehead atoms. The van der Waals surface area contributed by atoms with E-state index in [-0.39, 0.29) is 0 Å². The summed E-state index contributed by atoms with van der Waals surface area (Å²) in [5.74, 6) is 0. The van der Waals surface area contributed by atoms with Gasteiger partial charge in [-0.3, -0.25) is 5.43 Å². The van der Waals surface area contributed by atoms with Crippen molar-refractivity contribution in [3.05, 3.63) is 0 Å². The van der Waals surface area contributed by atoms with Gasteiger partial charge >= 0.3 is 0 Å². The van der Waals surface area contributed by atoms with Crippen molar-refractivity contribution in [3.8, 4) is 0 Å². The molecule has 2 heteroatoms. The zero-order valence-electron chi connectivity index (χ0n) is 11.8. The lowest BCUT2D eigenvalue weighted by Crippen LogP contribution is -2.55. The largest absolute Gasteiger partial charge is 0.252 e. The molecule has 1 N–H and O–H groups in total. The standard InChI is InChI=1S/C15H30N2/c1-13-9-8-10-14(2)17(13)16-15-11-6-4-3-5-7-12-15/h13-16H,3-12H2,1-2H3. The van der Waals surface area contributed by atoms with Crippen LogP contribution >= 0.6 is 0 Å². The highest BCUT2D eigenvalue weighted by molar-refractivity contribution is 4.79. The highest BCUT2D eigenvalue weighted by Gasteiger charge is 2.26. The van der Waals surface area contributed by atoms with Crippen LogP contribution in [0.15, 0.2) is 0 Å². The van der Waals surface area contributed by atoms with E-state index in [9.17, 15) is 0 Å². The van der Waals surface area contributed by atoms with Crippen molar-refractivity contribution in [2.45, 2.75) is 96.2 Å². The van der Waals surface area contributed by atoms with Crippen LogP contribution in [-0.2, 0) is 0 Å². The predicted octanol–water partition coefficient (Wildman–Crippen LogP) is 3.87. The quantitative estimate of drug-likeness (QED) is 0.785. The molecule has 0 aromatic carbocycles. The van der Waals surface area contributed by atoms with Gasteiger partial charge in [-0.2, -0.15) is 0 Å². The van der Waals surface area contributed by atoms with E-state index < -0.39 is 0 Å². The summed E-state index contributed by atoms with van der Waals surface area (Å²) in [7, 11) is 0. The van der Waals surface area contributed by atoms with E-state index in [1.54, 1.807) is 0 Å². The Kier molecular flexibility index (Phi) is 5.30. The average molecular weight is 238 g/mol. The summed E-state index contributed by atoms with van der Waals surface area (Å²) >= 11 is 0. The molecule has 100 valence electrons. The first-order chi connectivity index (χ1) is 8.27. The Hall–Kier alpha value is -0.0800. The molecule has 0 radical (unpaired) electrons. The molecule has 2 unspecified atom stereocenters. The van der Waals surface area contributed by atoms with Crippen LogP contribution in [0.3, 0.4) is 0 Å². The molecule has 0 aromatic heterocycles. The van der Waals surface area contributed by atoms with Crippen LogP contribution in [0.1, 0.15) is 78.1 Å². The van der Waals surface area contributed by atoms with E-state index in [4.69, 9.17) is 0 Å². The third-order valence-corrected chi connectivity index (χ3v) is 4.63. The second-order valence-corrected chi connectivity index (χ2v) is 6.21. The summed E-state index contributed by atoms with van der Waals surface area (Å²) in [6.07, 6.45) is 14.1. The number of hydrazine groups is 1. The maximum Gasteiger partial charge on any atom is 0.0218 e. The van der Waals surface area contributed by atoms with E-state index in [0.717, 1.165) is 18.1 Å². The third-order valence-electron chi connectivity index (χ3n) is 4.63. The minimum Gasteiger partial charge on any atom is -0.252 e. The Morgan fingerprint density at radius 3 is 1.82 bits per heavy atom. The van der Waals surface area contributed by atoms with Gasteiger partial charge in [-0.25, -0.2) is 5.01 Å². The number of hydrogen-bond acceptors (Lipinski definition) is 2. The fourth-order valence-corrected chi connectivity index (χ4v) is 3.47. The first-order valence-electron chi connectivity index (χ1n) is 7.82. The average Bonchev–Trinajstić information content (AvgIpc) is 2.26. The summed E-state index contributed by atoms with van der Waals surface area (Å²) in [6.45, 7) is 4.76.